The predicted octanol–water partition coefficient (Wildman–Crippen LogP) is 7.05. The lowest BCUT2D eigenvalue weighted by Crippen LogP contribution is -2.41. The molecular weight excluding hydrogens is 512 g/mol. The maximum Gasteiger partial charge on any atom is 0.255 e. The highest BCUT2D eigenvalue weighted by Crippen LogP contribution is 2.44. The number of H-pyrrole nitrogens is 1. The first-order valence-electron chi connectivity index (χ1n) is 14.9. The van der Waals surface area contributed by atoms with Gasteiger partial charge in [-0.25, -0.2) is 4.98 Å². The molecule has 1 fully saturated rings. The van der Waals surface area contributed by atoms with Crippen LogP contribution in [0.25, 0.3) is 0 Å². The van der Waals surface area contributed by atoms with Crippen LogP contribution in [-0.4, -0.2) is 60.0 Å². The summed E-state index contributed by atoms with van der Waals surface area (Å²) >= 11 is 0. The van der Waals surface area contributed by atoms with E-state index in [9.17, 15) is 4.79 Å². The van der Waals surface area contributed by atoms with Crippen LogP contribution in [0.4, 0.5) is 0 Å². The number of nitrogens with one attached hydrogen (secondary N) is 2. The van der Waals surface area contributed by atoms with Crippen LogP contribution in [-0.2, 0) is 6.42 Å². The Balaban J connectivity index is 0. The Kier molecular flexibility index (Phi) is 23.0. The van der Waals surface area contributed by atoms with Gasteiger partial charge in [0.2, 0.25) is 0 Å². The van der Waals surface area contributed by atoms with E-state index in [-0.39, 0.29) is 16.8 Å². The van der Waals surface area contributed by atoms with Crippen molar-refractivity contribution in [3.8, 4) is 5.75 Å². The van der Waals surface area contributed by atoms with Gasteiger partial charge in [0.25, 0.3) is 5.91 Å². The van der Waals surface area contributed by atoms with Crippen LogP contribution in [0.5, 0.6) is 5.75 Å². The third kappa shape index (κ3) is 13.8. The normalized spacial score (nSPS) is 17.6. The molecule has 0 bridgehead atoms. The molecule has 7 nitrogen and oxygen atoms in total. The number of carbonyl (C=O) groups excluding carboxylic acids is 1. The molecule has 0 spiro atoms. The second-order valence-corrected chi connectivity index (χ2v) is 9.63. The molecule has 232 valence electrons. The van der Waals surface area contributed by atoms with Crippen LogP contribution in [0.3, 0.4) is 0 Å². The first kappa shape index (κ1) is 40.0. The summed E-state index contributed by atoms with van der Waals surface area (Å²) in [5.41, 5.74) is 2.87. The molecule has 0 atom stereocenters. The second kappa shape index (κ2) is 23.5. The number of allylic oxidation sites excluding steroid dienone is 3. The van der Waals surface area contributed by atoms with Crippen molar-refractivity contribution in [3.05, 3.63) is 85.0 Å². The average molecular weight is 571 g/mol. The molecule has 0 unspecified atom stereocenters. The number of hydrogen-bond donors (Lipinski definition) is 2. The van der Waals surface area contributed by atoms with E-state index >= 15 is 0 Å². The molecule has 1 amide bonds. The van der Waals surface area contributed by atoms with E-state index < -0.39 is 0 Å². The third-order valence-corrected chi connectivity index (χ3v) is 7.16. The Labute approximate surface area is 250 Å². The molecule has 1 aromatic carbocycles. The SMILES string of the molecule is C=C/C=C(\C=C)C1(CNC(=O)c2ccccc2OC)CCC(C)CC1.CC.CC.CCN(C)CCc1cnc[nH]1.O. The third-order valence-electron chi connectivity index (χ3n) is 7.16. The number of ether oxygens (including phenoxy) is 1. The van der Waals surface area contributed by atoms with Gasteiger partial charge in [-0.2, -0.15) is 0 Å². The number of aromatic amines is 1. The predicted molar refractivity (Wildman–Crippen MR) is 176 cm³/mol. The summed E-state index contributed by atoms with van der Waals surface area (Å²) in [5.74, 6) is 1.22. The van der Waals surface area contributed by atoms with Crippen LogP contribution in [0.1, 0.15) is 83.3 Å². The molecule has 3 rings (SSSR count). The van der Waals surface area contributed by atoms with Crippen LogP contribution in [0.2, 0.25) is 0 Å². The lowest BCUT2D eigenvalue weighted by Gasteiger charge is -2.41. The van der Waals surface area contributed by atoms with Crippen molar-refractivity contribution >= 4 is 5.91 Å². The van der Waals surface area contributed by atoms with Crippen LogP contribution < -0.4 is 10.1 Å². The standard InChI is InChI=1S/C22H29NO2.C8H15N3.2C2H6.H2O/c1-5-9-18(6-2)22(14-12-17(3)13-15-22)16-23-21(24)19-10-7-8-11-20(19)25-4;1-3-11(2)5-4-8-6-9-7-10-8;2*1-2;/h5-11,17H,1-2,12-16H2,3-4H3,(H,23,24);6-7H,3-5H2,1-2H3,(H,9,10);2*1-2H3;1H2/b18-9+;;;;. The van der Waals surface area contributed by atoms with Gasteiger partial charge in [0.05, 0.1) is 19.0 Å². The minimum atomic E-state index is -0.0996. The molecule has 7 heteroatoms. The minimum Gasteiger partial charge on any atom is -0.496 e. The fourth-order valence-corrected chi connectivity index (χ4v) is 4.54. The highest BCUT2D eigenvalue weighted by molar-refractivity contribution is 5.96. The van der Waals surface area contributed by atoms with Crippen LogP contribution >= 0.6 is 0 Å². The molecule has 2 aromatic rings. The summed E-state index contributed by atoms with van der Waals surface area (Å²) in [5, 5.41) is 3.13. The summed E-state index contributed by atoms with van der Waals surface area (Å²) < 4.78 is 5.30. The van der Waals surface area contributed by atoms with E-state index in [1.807, 2.05) is 58.2 Å². The summed E-state index contributed by atoms with van der Waals surface area (Å²) in [6.45, 7) is 23.1. The molecule has 41 heavy (non-hydrogen) atoms. The van der Waals surface area contributed by atoms with Crippen molar-refractivity contribution < 1.29 is 15.0 Å². The van der Waals surface area contributed by atoms with Gasteiger partial charge in [0.15, 0.2) is 0 Å². The summed E-state index contributed by atoms with van der Waals surface area (Å²) in [6.07, 6.45) is 14.8. The van der Waals surface area contributed by atoms with Crippen molar-refractivity contribution in [2.75, 3.05) is 33.8 Å². The van der Waals surface area contributed by atoms with Gasteiger partial charge in [-0.15, -0.1) is 0 Å². The Morgan fingerprint density at radius 3 is 2.34 bits per heavy atom. The van der Waals surface area contributed by atoms with E-state index in [1.165, 1.54) is 5.69 Å². The fourth-order valence-electron chi connectivity index (χ4n) is 4.54. The lowest BCUT2D eigenvalue weighted by molar-refractivity contribution is 0.0918. The van der Waals surface area contributed by atoms with Gasteiger partial charge in [-0.05, 0) is 62.9 Å². The Morgan fingerprint density at radius 1 is 1.20 bits per heavy atom. The van der Waals surface area contributed by atoms with Gasteiger partial charge in [0.1, 0.15) is 5.75 Å². The first-order chi connectivity index (χ1) is 19.4. The quantitative estimate of drug-likeness (QED) is 0.283. The molecule has 1 heterocycles. The molecule has 0 saturated heterocycles. The molecule has 1 aromatic heterocycles. The maximum absolute atomic E-state index is 12.7. The van der Waals surface area contributed by atoms with Crippen molar-refractivity contribution in [3.63, 3.8) is 0 Å². The summed E-state index contributed by atoms with van der Waals surface area (Å²) in [7, 11) is 3.70. The number of benzene rings is 1. The maximum atomic E-state index is 12.7. The summed E-state index contributed by atoms with van der Waals surface area (Å²) in [4.78, 5) is 22.0. The van der Waals surface area contributed by atoms with E-state index in [0.29, 0.717) is 17.9 Å². The highest BCUT2D eigenvalue weighted by Gasteiger charge is 2.36. The smallest absolute Gasteiger partial charge is 0.255 e. The average Bonchev–Trinajstić information content (AvgIpc) is 3.54. The van der Waals surface area contributed by atoms with Crippen molar-refractivity contribution in [2.45, 2.75) is 73.6 Å². The van der Waals surface area contributed by atoms with E-state index in [2.05, 4.69) is 54.2 Å². The minimum absolute atomic E-state index is 0. The number of imidazole rings is 1. The van der Waals surface area contributed by atoms with Gasteiger partial charge >= 0.3 is 0 Å². The molecule has 1 saturated carbocycles. The number of carbonyl (C=O) groups is 1. The number of aromatic nitrogens is 2. The molecule has 1 aliphatic carbocycles. The number of methoxy groups -OCH3 is 1. The van der Waals surface area contributed by atoms with E-state index in [0.717, 1.165) is 56.7 Å². The number of nitrogens with zero attached hydrogens (tertiary/aromatic N) is 2. The zero-order valence-electron chi connectivity index (χ0n) is 27.1. The zero-order chi connectivity index (χ0) is 30.4. The van der Waals surface area contributed by atoms with Gasteiger partial charge in [-0.1, -0.05) is 85.1 Å². The Bertz CT molecular complexity index is 978. The molecule has 0 aliphatic heterocycles. The highest BCUT2D eigenvalue weighted by atomic mass is 16.5. The van der Waals surface area contributed by atoms with E-state index in [4.69, 9.17) is 4.74 Å². The monoisotopic (exact) mass is 570 g/mol. The number of rotatable bonds is 11. The Morgan fingerprint density at radius 2 is 1.83 bits per heavy atom. The van der Waals surface area contributed by atoms with Crippen molar-refractivity contribution in [2.24, 2.45) is 11.3 Å². The number of hydrogen-bond acceptors (Lipinski definition) is 4. The largest absolute Gasteiger partial charge is 0.496 e. The van der Waals surface area contributed by atoms with Crippen LogP contribution in [0.15, 0.2) is 73.7 Å². The molecular formula is C34H58N4O3. The number of likely N-dealkylation sites (N-methyl/N-ethyl adjacent to an activating group) is 1. The second-order valence-electron chi connectivity index (χ2n) is 9.63. The van der Waals surface area contributed by atoms with Gasteiger partial charge in [-0.3, -0.25) is 4.79 Å². The summed E-state index contributed by atoms with van der Waals surface area (Å²) in [6, 6.07) is 7.31. The molecule has 0 radical (unpaired) electrons. The van der Waals surface area contributed by atoms with Crippen LogP contribution in [0, 0.1) is 11.3 Å². The number of amides is 1. The fraction of sp³-hybridized carbons (Fsp3) is 0.529. The van der Waals surface area contributed by atoms with Gasteiger partial charge < -0.3 is 25.4 Å². The lowest BCUT2D eigenvalue weighted by atomic mass is 9.66. The van der Waals surface area contributed by atoms with Crippen molar-refractivity contribution in [1.29, 1.82) is 0 Å². The first-order valence-corrected chi connectivity index (χ1v) is 14.9. The van der Waals surface area contributed by atoms with E-state index in [1.54, 1.807) is 31.6 Å². The zero-order valence-corrected chi connectivity index (χ0v) is 27.1. The topological polar surface area (TPSA) is 102 Å². The van der Waals surface area contributed by atoms with Gasteiger partial charge in [0, 0.05) is 36.8 Å². The number of para-hydroxylation sites is 1. The van der Waals surface area contributed by atoms with Crippen molar-refractivity contribution in [1.82, 2.24) is 20.2 Å². The molecule has 1 aliphatic rings. The Hall–Kier alpha value is -3.16. The molecule has 4 N–H and O–H groups in total.